The van der Waals surface area contributed by atoms with Crippen LogP contribution in [0.3, 0.4) is 0 Å². The number of piperidine rings is 1. The molecule has 1 amide bonds. The Hall–Kier alpha value is -1.37. The van der Waals surface area contributed by atoms with Crippen LogP contribution in [0.1, 0.15) is 29.8 Å². The molecular formula is C15H21ClN4OS. The molecule has 0 aliphatic carbocycles. The molecule has 5 nitrogen and oxygen atoms in total. The number of nitrogens with one attached hydrogen (secondary N) is 3. The number of aromatic amines is 1. The van der Waals surface area contributed by atoms with Crippen molar-refractivity contribution in [1.29, 1.82) is 0 Å². The first kappa shape index (κ1) is 17.0. The van der Waals surface area contributed by atoms with Crippen molar-refractivity contribution < 1.29 is 4.79 Å². The first-order chi connectivity index (χ1) is 10.3. The molecule has 2 aromatic rings. The summed E-state index contributed by atoms with van der Waals surface area (Å²) in [6, 6.07) is 5.80. The Balaban J connectivity index is 0.00000176. The van der Waals surface area contributed by atoms with Gasteiger partial charge in [0.15, 0.2) is 5.69 Å². The summed E-state index contributed by atoms with van der Waals surface area (Å²) in [4.78, 5) is 13.2. The zero-order chi connectivity index (χ0) is 14.5. The quantitative estimate of drug-likeness (QED) is 0.783. The number of H-pyrrole nitrogens is 1. The molecule has 2 aromatic heterocycles. The summed E-state index contributed by atoms with van der Waals surface area (Å²) in [5.74, 6) is 0.581. The molecule has 0 saturated carbocycles. The lowest BCUT2D eigenvalue weighted by Gasteiger charge is -2.22. The molecular weight excluding hydrogens is 320 g/mol. The van der Waals surface area contributed by atoms with Gasteiger partial charge in [-0.25, -0.2) is 0 Å². The van der Waals surface area contributed by atoms with Crippen LogP contribution in [0.25, 0.3) is 10.6 Å². The predicted molar refractivity (Wildman–Crippen MR) is 91.7 cm³/mol. The summed E-state index contributed by atoms with van der Waals surface area (Å²) in [6.45, 7) is 2.91. The Morgan fingerprint density at radius 2 is 2.41 bits per heavy atom. The van der Waals surface area contributed by atoms with Gasteiger partial charge in [-0.15, -0.1) is 23.7 Å². The third-order valence-corrected chi connectivity index (χ3v) is 4.74. The van der Waals surface area contributed by atoms with Gasteiger partial charge in [0, 0.05) is 6.54 Å². The van der Waals surface area contributed by atoms with E-state index in [4.69, 9.17) is 0 Å². The van der Waals surface area contributed by atoms with Crippen molar-refractivity contribution in [3.63, 3.8) is 0 Å². The molecule has 0 aromatic carbocycles. The number of rotatable bonds is 5. The summed E-state index contributed by atoms with van der Waals surface area (Å²) >= 11 is 1.63. The summed E-state index contributed by atoms with van der Waals surface area (Å²) in [6.07, 6.45) is 3.52. The fourth-order valence-corrected chi connectivity index (χ4v) is 3.34. The molecule has 1 fully saturated rings. The fraction of sp³-hybridized carbons (Fsp3) is 0.467. The zero-order valence-corrected chi connectivity index (χ0v) is 13.9. The molecule has 0 radical (unpaired) electrons. The normalized spacial score (nSPS) is 17.7. The van der Waals surface area contributed by atoms with Crippen molar-refractivity contribution in [1.82, 2.24) is 20.8 Å². The van der Waals surface area contributed by atoms with Gasteiger partial charge < -0.3 is 10.6 Å². The molecule has 0 bridgehead atoms. The van der Waals surface area contributed by atoms with Gasteiger partial charge in [-0.05, 0) is 55.8 Å². The van der Waals surface area contributed by atoms with Gasteiger partial charge in [0.25, 0.3) is 5.91 Å². The van der Waals surface area contributed by atoms with Crippen molar-refractivity contribution in [2.75, 3.05) is 19.6 Å². The third kappa shape index (κ3) is 4.32. The number of thiophene rings is 1. The summed E-state index contributed by atoms with van der Waals surface area (Å²) in [5, 5.41) is 15.4. The molecule has 3 rings (SSSR count). The molecule has 3 heterocycles. The Morgan fingerprint density at radius 3 is 3.14 bits per heavy atom. The number of amides is 1. The van der Waals surface area contributed by atoms with Crippen molar-refractivity contribution in [3.05, 3.63) is 29.3 Å². The van der Waals surface area contributed by atoms with Crippen LogP contribution >= 0.6 is 23.7 Å². The molecule has 1 aliphatic heterocycles. The van der Waals surface area contributed by atoms with Crippen LogP contribution in [0, 0.1) is 5.92 Å². The molecule has 1 atom stereocenters. The van der Waals surface area contributed by atoms with E-state index in [1.165, 1.54) is 12.8 Å². The van der Waals surface area contributed by atoms with Crippen LogP contribution in [0.15, 0.2) is 23.6 Å². The van der Waals surface area contributed by atoms with Gasteiger partial charge >= 0.3 is 0 Å². The average Bonchev–Trinajstić information content (AvgIpc) is 3.19. The van der Waals surface area contributed by atoms with Crippen LogP contribution in [-0.2, 0) is 0 Å². The Morgan fingerprint density at radius 1 is 1.50 bits per heavy atom. The van der Waals surface area contributed by atoms with E-state index in [0.717, 1.165) is 30.1 Å². The van der Waals surface area contributed by atoms with Gasteiger partial charge in [-0.2, -0.15) is 5.10 Å². The number of nitrogens with zero attached hydrogens (tertiary/aromatic N) is 1. The maximum Gasteiger partial charge on any atom is 0.271 e. The van der Waals surface area contributed by atoms with E-state index in [9.17, 15) is 4.79 Å². The van der Waals surface area contributed by atoms with Gasteiger partial charge in [0.1, 0.15) is 0 Å². The van der Waals surface area contributed by atoms with E-state index in [1.807, 2.05) is 23.6 Å². The van der Waals surface area contributed by atoms with Gasteiger partial charge in [0.2, 0.25) is 0 Å². The van der Waals surface area contributed by atoms with Crippen LogP contribution in [0.5, 0.6) is 0 Å². The minimum absolute atomic E-state index is 0. The van der Waals surface area contributed by atoms with Crippen LogP contribution in [0.2, 0.25) is 0 Å². The van der Waals surface area contributed by atoms with Crippen molar-refractivity contribution in [3.8, 4) is 10.6 Å². The standard InChI is InChI=1S/C15H20N4OS.ClH/c20-15(17-7-5-11-3-1-6-16-10-11)13-9-12(18-19-13)14-4-2-8-21-14;/h2,4,8-9,11,16H,1,3,5-7,10H2,(H,17,20)(H,18,19);1H. The maximum atomic E-state index is 12.1. The zero-order valence-electron chi connectivity index (χ0n) is 12.3. The monoisotopic (exact) mass is 340 g/mol. The summed E-state index contributed by atoms with van der Waals surface area (Å²) in [7, 11) is 0. The summed E-state index contributed by atoms with van der Waals surface area (Å²) < 4.78 is 0. The molecule has 1 saturated heterocycles. The van der Waals surface area contributed by atoms with Crippen molar-refractivity contribution >= 4 is 29.7 Å². The topological polar surface area (TPSA) is 69.8 Å². The number of carbonyl (C=O) groups is 1. The van der Waals surface area contributed by atoms with E-state index < -0.39 is 0 Å². The van der Waals surface area contributed by atoms with E-state index in [2.05, 4.69) is 20.8 Å². The highest BCUT2D eigenvalue weighted by Crippen LogP contribution is 2.22. The van der Waals surface area contributed by atoms with Crippen molar-refractivity contribution in [2.24, 2.45) is 5.92 Å². The number of halogens is 1. The lowest BCUT2D eigenvalue weighted by molar-refractivity contribution is 0.0945. The Bertz CT molecular complexity index is 578. The number of hydrogen-bond acceptors (Lipinski definition) is 4. The highest BCUT2D eigenvalue weighted by Gasteiger charge is 2.15. The van der Waals surface area contributed by atoms with Crippen molar-refractivity contribution in [2.45, 2.75) is 19.3 Å². The first-order valence-electron chi connectivity index (χ1n) is 7.41. The summed E-state index contributed by atoms with van der Waals surface area (Å²) in [5.41, 5.74) is 1.35. The van der Waals surface area contributed by atoms with Gasteiger partial charge in [0.05, 0.1) is 10.6 Å². The molecule has 1 aliphatic rings. The fourth-order valence-electron chi connectivity index (χ4n) is 2.65. The second-order valence-electron chi connectivity index (χ2n) is 5.40. The lowest BCUT2D eigenvalue weighted by Crippen LogP contribution is -2.33. The number of carbonyl (C=O) groups excluding carboxylic acids is 1. The average molecular weight is 341 g/mol. The van der Waals surface area contributed by atoms with Gasteiger partial charge in [-0.1, -0.05) is 6.07 Å². The van der Waals surface area contributed by atoms with Crippen LogP contribution < -0.4 is 10.6 Å². The van der Waals surface area contributed by atoms with E-state index in [-0.39, 0.29) is 18.3 Å². The molecule has 22 heavy (non-hydrogen) atoms. The smallest absolute Gasteiger partial charge is 0.271 e. The Labute approximate surface area is 140 Å². The number of aromatic nitrogens is 2. The van der Waals surface area contributed by atoms with E-state index in [1.54, 1.807) is 11.3 Å². The lowest BCUT2D eigenvalue weighted by atomic mass is 9.96. The van der Waals surface area contributed by atoms with Gasteiger partial charge in [-0.3, -0.25) is 9.89 Å². The second-order valence-corrected chi connectivity index (χ2v) is 6.35. The van der Waals surface area contributed by atoms with Crippen LogP contribution in [-0.4, -0.2) is 35.7 Å². The SMILES string of the molecule is Cl.O=C(NCCC1CCCNC1)c1cc(-c2cccs2)[nH]n1. The van der Waals surface area contributed by atoms with Crippen LogP contribution in [0.4, 0.5) is 0 Å². The van der Waals surface area contributed by atoms with E-state index in [0.29, 0.717) is 18.2 Å². The molecule has 3 N–H and O–H groups in total. The maximum absolute atomic E-state index is 12.1. The molecule has 7 heteroatoms. The van der Waals surface area contributed by atoms with E-state index >= 15 is 0 Å². The second kappa shape index (κ2) is 8.31. The Kier molecular flexibility index (Phi) is 6.42. The first-order valence-corrected chi connectivity index (χ1v) is 8.29. The highest BCUT2D eigenvalue weighted by atomic mass is 35.5. The minimum Gasteiger partial charge on any atom is -0.351 e. The highest BCUT2D eigenvalue weighted by molar-refractivity contribution is 7.13. The largest absolute Gasteiger partial charge is 0.351 e. The number of hydrogen-bond donors (Lipinski definition) is 3. The molecule has 120 valence electrons. The minimum atomic E-state index is -0.0992. The predicted octanol–water partition coefficient (Wildman–Crippen LogP) is 2.68. The molecule has 0 spiro atoms. The molecule has 1 unspecified atom stereocenters. The third-order valence-electron chi connectivity index (χ3n) is 3.83.